The summed E-state index contributed by atoms with van der Waals surface area (Å²) in [6.45, 7) is -0.515. The van der Waals surface area contributed by atoms with Crippen LogP contribution in [0.15, 0.2) is 36.7 Å². The predicted octanol–water partition coefficient (Wildman–Crippen LogP) is 3.07. The molecule has 2 N–H and O–H groups in total. The van der Waals surface area contributed by atoms with Crippen molar-refractivity contribution in [1.82, 2.24) is 9.38 Å². The molecule has 2 unspecified atom stereocenters. The number of hydrogen-bond donors (Lipinski definition) is 2. The number of amides is 1. The Kier molecular flexibility index (Phi) is 3.91. The number of halogens is 3. The highest BCUT2D eigenvalue weighted by atomic mass is 19.1. The maximum atomic E-state index is 14.2. The second-order valence-electron chi connectivity index (χ2n) is 6.24. The Labute approximate surface area is 146 Å². The van der Waals surface area contributed by atoms with Crippen molar-refractivity contribution in [1.29, 1.82) is 0 Å². The Bertz CT molecular complexity index is 1020. The lowest BCUT2D eigenvalue weighted by Crippen LogP contribution is -2.15. The summed E-state index contributed by atoms with van der Waals surface area (Å²) in [7, 11) is 0. The van der Waals surface area contributed by atoms with Crippen LogP contribution in [0.1, 0.15) is 12.0 Å². The van der Waals surface area contributed by atoms with Crippen molar-refractivity contribution in [2.24, 2.45) is 5.92 Å². The van der Waals surface area contributed by atoms with Gasteiger partial charge in [-0.05, 0) is 30.2 Å². The van der Waals surface area contributed by atoms with Gasteiger partial charge in [-0.25, -0.2) is 18.2 Å². The minimum Gasteiger partial charge on any atom is -0.392 e. The largest absolute Gasteiger partial charge is 0.392 e. The number of hydrogen-bond acceptors (Lipinski definition) is 3. The van der Waals surface area contributed by atoms with E-state index in [1.165, 1.54) is 6.20 Å². The fourth-order valence-electron chi connectivity index (χ4n) is 2.93. The molecule has 2 heterocycles. The number of aliphatic hydroxyl groups excluding tert-OH is 1. The van der Waals surface area contributed by atoms with E-state index in [0.29, 0.717) is 11.2 Å². The smallest absolute Gasteiger partial charge is 0.231 e. The van der Waals surface area contributed by atoms with Crippen LogP contribution in [0.25, 0.3) is 16.8 Å². The summed E-state index contributed by atoms with van der Waals surface area (Å²) in [5.74, 6) is -2.35. The zero-order valence-corrected chi connectivity index (χ0v) is 13.4. The standard InChI is InChI=1S/C18H14F3N3O2/c19-11-3-10(8-25)17(14(21)4-11)9-1-2-16-22-15(7-24(16)6-9)23-18(26)12-5-13(12)20/h1-4,6-7,12-13,25H,5,8H2,(H,23,26). The Balaban J connectivity index is 1.69. The molecule has 0 aliphatic heterocycles. The molecule has 1 fully saturated rings. The molecule has 3 aromatic rings. The summed E-state index contributed by atoms with van der Waals surface area (Å²) in [5, 5.41) is 11.9. The van der Waals surface area contributed by atoms with Crippen molar-refractivity contribution in [2.75, 3.05) is 5.32 Å². The van der Waals surface area contributed by atoms with Crippen LogP contribution in [0, 0.1) is 17.6 Å². The van der Waals surface area contributed by atoms with Crippen molar-refractivity contribution in [3.8, 4) is 11.1 Å². The molecule has 5 nitrogen and oxygen atoms in total. The topological polar surface area (TPSA) is 66.6 Å². The number of aliphatic hydroxyl groups is 1. The van der Waals surface area contributed by atoms with Gasteiger partial charge in [0.25, 0.3) is 0 Å². The fraction of sp³-hybridized carbons (Fsp3) is 0.222. The van der Waals surface area contributed by atoms with Crippen LogP contribution in [-0.4, -0.2) is 26.6 Å². The normalized spacial score (nSPS) is 18.9. The molecule has 4 rings (SSSR count). The van der Waals surface area contributed by atoms with Gasteiger partial charge < -0.3 is 14.8 Å². The second-order valence-corrected chi connectivity index (χ2v) is 6.24. The molecule has 1 aliphatic rings. The first-order valence-electron chi connectivity index (χ1n) is 7.99. The molecule has 1 aromatic carbocycles. The number of carbonyl (C=O) groups excluding carboxylic acids is 1. The molecule has 0 spiro atoms. The van der Waals surface area contributed by atoms with Crippen LogP contribution in [0.5, 0.6) is 0 Å². The van der Waals surface area contributed by atoms with E-state index in [9.17, 15) is 23.1 Å². The molecule has 2 aromatic heterocycles. The number of fused-ring (bicyclic) bond motifs is 1. The van der Waals surface area contributed by atoms with Gasteiger partial charge in [-0.2, -0.15) is 0 Å². The minimum atomic E-state index is -1.10. The number of nitrogens with zero attached hydrogens (tertiary/aromatic N) is 2. The second kappa shape index (κ2) is 6.14. The van der Waals surface area contributed by atoms with Gasteiger partial charge in [0.1, 0.15) is 23.5 Å². The summed E-state index contributed by atoms with van der Waals surface area (Å²) in [4.78, 5) is 16.0. The average Bonchev–Trinajstić information content (AvgIpc) is 3.19. The molecule has 1 saturated carbocycles. The number of nitrogens with one attached hydrogen (secondary N) is 1. The van der Waals surface area contributed by atoms with Crippen LogP contribution >= 0.6 is 0 Å². The van der Waals surface area contributed by atoms with Gasteiger partial charge in [-0.1, -0.05) is 0 Å². The zero-order chi connectivity index (χ0) is 18.4. The first-order chi connectivity index (χ1) is 12.5. The van der Waals surface area contributed by atoms with Gasteiger partial charge in [0.15, 0.2) is 5.82 Å². The highest BCUT2D eigenvalue weighted by Gasteiger charge is 2.43. The SMILES string of the molecule is O=C(Nc1cn2cc(-c3c(F)cc(F)cc3CO)ccc2n1)C1CC1F. The number of anilines is 1. The molecule has 1 amide bonds. The quantitative estimate of drug-likeness (QED) is 0.751. The van der Waals surface area contributed by atoms with E-state index in [1.807, 2.05) is 0 Å². The van der Waals surface area contributed by atoms with Crippen molar-refractivity contribution >= 4 is 17.4 Å². The van der Waals surface area contributed by atoms with Crippen LogP contribution in [-0.2, 0) is 11.4 Å². The summed E-state index contributed by atoms with van der Waals surface area (Å²) < 4.78 is 42.1. The van der Waals surface area contributed by atoms with E-state index in [-0.39, 0.29) is 23.4 Å². The van der Waals surface area contributed by atoms with Crippen molar-refractivity contribution in [2.45, 2.75) is 19.2 Å². The van der Waals surface area contributed by atoms with Crippen LogP contribution in [0.4, 0.5) is 19.0 Å². The summed E-state index contributed by atoms with van der Waals surface area (Å²) in [5.41, 5.74) is 1.12. The summed E-state index contributed by atoms with van der Waals surface area (Å²) in [6.07, 6.45) is 2.20. The molecule has 0 bridgehead atoms. The Morgan fingerprint density at radius 3 is 2.77 bits per heavy atom. The Morgan fingerprint density at radius 1 is 1.31 bits per heavy atom. The van der Waals surface area contributed by atoms with Gasteiger partial charge in [0.05, 0.1) is 18.7 Å². The van der Waals surface area contributed by atoms with Crippen LogP contribution in [0.3, 0.4) is 0 Å². The third kappa shape index (κ3) is 2.92. The number of aromatic nitrogens is 2. The Morgan fingerprint density at radius 2 is 2.08 bits per heavy atom. The summed E-state index contributed by atoms with van der Waals surface area (Å²) >= 11 is 0. The first kappa shape index (κ1) is 16.6. The number of rotatable bonds is 4. The molecule has 26 heavy (non-hydrogen) atoms. The number of pyridine rings is 1. The van der Waals surface area contributed by atoms with E-state index in [2.05, 4.69) is 10.3 Å². The minimum absolute atomic E-state index is 0.0911. The number of alkyl halides is 1. The molecule has 8 heteroatoms. The molecule has 0 radical (unpaired) electrons. The molecule has 134 valence electrons. The van der Waals surface area contributed by atoms with Gasteiger partial charge in [0, 0.05) is 23.4 Å². The average molecular weight is 361 g/mol. The zero-order valence-electron chi connectivity index (χ0n) is 13.4. The van der Waals surface area contributed by atoms with Crippen LogP contribution < -0.4 is 5.32 Å². The van der Waals surface area contributed by atoms with Gasteiger partial charge >= 0.3 is 0 Å². The van der Waals surface area contributed by atoms with Gasteiger partial charge in [0.2, 0.25) is 5.91 Å². The van der Waals surface area contributed by atoms with Gasteiger partial charge in [-0.3, -0.25) is 4.79 Å². The Hall–Kier alpha value is -2.87. The number of carbonyl (C=O) groups is 1. The monoisotopic (exact) mass is 361 g/mol. The molecular weight excluding hydrogens is 347 g/mol. The van der Waals surface area contributed by atoms with Gasteiger partial charge in [-0.15, -0.1) is 0 Å². The molecule has 1 aliphatic carbocycles. The lowest BCUT2D eigenvalue weighted by atomic mass is 10.0. The lowest BCUT2D eigenvalue weighted by molar-refractivity contribution is -0.117. The number of benzene rings is 1. The van der Waals surface area contributed by atoms with E-state index < -0.39 is 36.2 Å². The third-order valence-electron chi connectivity index (χ3n) is 4.35. The van der Waals surface area contributed by atoms with E-state index in [0.717, 1.165) is 12.1 Å². The van der Waals surface area contributed by atoms with Crippen LogP contribution in [0.2, 0.25) is 0 Å². The molecular formula is C18H14F3N3O2. The highest BCUT2D eigenvalue weighted by Crippen LogP contribution is 2.34. The predicted molar refractivity (Wildman–Crippen MR) is 88.1 cm³/mol. The van der Waals surface area contributed by atoms with Crippen molar-refractivity contribution in [3.05, 3.63) is 53.9 Å². The highest BCUT2D eigenvalue weighted by molar-refractivity contribution is 5.94. The van der Waals surface area contributed by atoms with E-state index >= 15 is 0 Å². The fourth-order valence-corrected chi connectivity index (χ4v) is 2.93. The molecule has 0 saturated heterocycles. The molecule has 2 atom stereocenters. The first-order valence-corrected chi connectivity index (χ1v) is 7.99. The van der Waals surface area contributed by atoms with E-state index in [1.54, 1.807) is 22.7 Å². The van der Waals surface area contributed by atoms with Crippen molar-refractivity contribution < 1.29 is 23.1 Å². The maximum absolute atomic E-state index is 14.2. The van der Waals surface area contributed by atoms with E-state index in [4.69, 9.17) is 0 Å². The lowest BCUT2D eigenvalue weighted by Gasteiger charge is -2.10. The number of imidazole rings is 1. The van der Waals surface area contributed by atoms with Crippen molar-refractivity contribution in [3.63, 3.8) is 0 Å². The summed E-state index contributed by atoms with van der Waals surface area (Å²) in [6, 6.07) is 5.01. The maximum Gasteiger partial charge on any atom is 0.231 e. The third-order valence-corrected chi connectivity index (χ3v) is 4.35.